The van der Waals surface area contributed by atoms with Gasteiger partial charge >= 0.3 is 6.03 Å². The van der Waals surface area contributed by atoms with Crippen molar-refractivity contribution < 1.29 is 9.53 Å². The van der Waals surface area contributed by atoms with E-state index < -0.39 is 0 Å². The first-order valence-electron chi connectivity index (χ1n) is 7.39. The Labute approximate surface area is 138 Å². The summed E-state index contributed by atoms with van der Waals surface area (Å²) in [5.41, 5.74) is 0. The van der Waals surface area contributed by atoms with Gasteiger partial charge in [-0.05, 0) is 23.6 Å². The second-order valence-corrected chi connectivity index (χ2v) is 6.45. The van der Waals surface area contributed by atoms with Crippen molar-refractivity contribution in [3.63, 3.8) is 0 Å². The zero-order chi connectivity index (χ0) is 16.2. The third-order valence-corrected chi connectivity index (χ3v) is 4.34. The van der Waals surface area contributed by atoms with Gasteiger partial charge in [0.25, 0.3) is 0 Å². The number of carbonyl (C=O) groups excluding carboxylic acids is 1. The van der Waals surface area contributed by atoms with Crippen molar-refractivity contribution in [3.8, 4) is 5.88 Å². The highest BCUT2D eigenvalue weighted by Gasteiger charge is 2.28. The average molecular weight is 333 g/mol. The van der Waals surface area contributed by atoms with Crippen LogP contribution < -0.4 is 15.0 Å². The minimum Gasteiger partial charge on any atom is -0.471 e. The Hall–Kier alpha value is -2.35. The highest BCUT2D eigenvalue weighted by atomic mass is 32.1. The van der Waals surface area contributed by atoms with Crippen LogP contribution in [0.3, 0.4) is 0 Å². The summed E-state index contributed by atoms with van der Waals surface area (Å²) >= 11 is 1.50. The van der Waals surface area contributed by atoms with Crippen LogP contribution in [0.15, 0.2) is 29.6 Å². The van der Waals surface area contributed by atoms with Gasteiger partial charge in [0.15, 0.2) is 5.82 Å². The molecule has 0 saturated carbocycles. The number of ether oxygens (including phenoxy) is 1. The van der Waals surface area contributed by atoms with Gasteiger partial charge in [-0.3, -0.25) is 5.32 Å². The van der Waals surface area contributed by atoms with Crippen LogP contribution in [0.5, 0.6) is 5.88 Å². The highest BCUT2D eigenvalue weighted by Crippen LogP contribution is 2.20. The molecule has 0 unspecified atom stereocenters. The summed E-state index contributed by atoms with van der Waals surface area (Å²) in [6, 6.07) is 7.36. The standard InChI is InChI=1S/C15H19N5O2S/c1-19(2)12-5-6-13(18-17-12)22-11-7-8-20(10-11)15(21)16-14-4-3-9-23-14/h3-6,9,11H,7-8,10H2,1-2H3,(H,16,21)/t11-/m0/s1. The van der Waals surface area contributed by atoms with E-state index in [2.05, 4.69) is 15.5 Å². The SMILES string of the molecule is CN(C)c1ccc(O[C@H]2CCN(C(=O)Nc3cccs3)C2)nn1. The molecule has 1 aliphatic heterocycles. The van der Waals surface area contributed by atoms with Crippen LogP contribution in [0.1, 0.15) is 6.42 Å². The number of hydrogen-bond acceptors (Lipinski definition) is 6. The summed E-state index contributed by atoms with van der Waals surface area (Å²) < 4.78 is 5.81. The molecule has 0 bridgehead atoms. The van der Waals surface area contributed by atoms with Crippen molar-refractivity contribution in [1.82, 2.24) is 15.1 Å². The molecule has 1 aliphatic rings. The first-order chi connectivity index (χ1) is 11.1. The van der Waals surface area contributed by atoms with Crippen LogP contribution in [0.25, 0.3) is 0 Å². The lowest BCUT2D eigenvalue weighted by Crippen LogP contribution is -2.34. The molecule has 2 amide bonds. The predicted octanol–water partition coefficient (Wildman–Crippen LogP) is 2.29. The lowest BCUT2D eigenvalue weighted by molar-refractivity contribution is 0.188. The molecule has 0 radical (unpaired) electrons. The number of nitrogens with zero attached hydrogens (tertiary/aromatic N) is 4. The van der Waals surface area contributed by atoms with Gasteiger partial charge in [0.2, 0.25) is 5.88 Å². The summed E-state index contributed by atoms with van der Waals surface area (Å²) in [5, 5.41) is 13.8. The molecule has 23 heavy (non-hydrogen) atoms. The fourth-order valence-corrected chi connectivity index (χ4v) is 2.94. The van der Waals surface area contributed by atoms with Gasteiger partial charge in [0.1, 0.15) is 6.10 Å². The van der Waals surface area contributed by atoms with Gasteiger partial charge in [0, 0.05) is 33.1 Å². The van der Waals surface area contributed by atoms with E-state index in [4.69, 9.17) is 4.74 Å². The second kappa shape index (κ2) is 6.82. The number of hydrogen-bond donors (Lipinski definition) is 1. The van der Waals surface area contributed by atoms with E-state index in [-0.39, 0.29) is 12.1 Å². The maximum atomic E-state index is 12.2. The van der Waals surface area contributed by atoms with E-state index in [9.17, 15) is 4.79 Å². The third-order valence-electron chi connectivity index (χ3n) is 3.56. The Morgan fingerprint density at radius 1 is 1.39 bits per heavy atom. The topological polar surface area (TPSA) is 70.6 Å². The summed E-state index contributed by atoms with van der Waals surface area (Å²) in [6.07, 6.45) is 0.734. The summed E-state index contributed by atoms with van der Waals surface area (Å²) in [6.45, 7) is 1.22. The minimum absolute atomic E-state index is 0.0522. The van der Waals surface area contributed by atoms with Crippen molar-refractivity contribution in [3.05, 3.63) is 29.6 Å². The van der Waals surface area contributed by atoms with E-state index >= 15 is 0 Å². The Balaban J connectivity index is 1.52. The van der Waals surface area contributed by atoms with Crippen molar-refractivity contribution >= 4 is 28.2 Å². The van der Waals surface area contributed by atoms with Crippen molar-refractivity contribution in [1.29, 1.82) is 0 Å². The molecular weight excluding hydrogens is 314 g/mol. The lowest BCUT2D eigenvalue weighted by Gasteiger charge is -2.17. The molecule has 3 rings (SSSR count). The molecular formula is C15H19N5O2S. The fourth-order valence-electron chi connectivity index (χ4n) is 2.33. The highest BCUT2D eigenvalue weighted by molar-refractivity contribution is 7.14. The van der Waals surface area contributed by atoms with Gasteiger partial charge < -0.3 is 14.5 Å². The number of nitrogens with one attached hydrogen (secondary N) is 1. The van der Waals surface area contributed by atoms with Gasteiger partial charge in [-0.25, -0.2) is 4.79 Å². The monoisotopic (exact) mass is 333 g/mol. The summed E-state index contributed by atoms with van der Waals surface area (Å²) in [5.74, 6) is 1.27. The molecule has 0 aliphatic carbocycles. The predicted molar refractivity (Wildman–Crippen MR) is 90.3 cm³/mol. The van der Waals surface area contributed by atoms with Gasteiger partial charge in [-0.2, -0.15) is 0 Å². The number of likely N-dealkylation sites (tertiary alicyclic amines) is 1. The van der Waals surface area contributed by atoms with Gasteiger partial charge in [0.05, 0.1) is 11.5 Å². The van der Waals surface area contributed by atoms with E-state index in [1.54, 1.807) is 11.0 Å². The lowest BCUT2D eigenvalue weighted by atomic mass is 10.3. The number of aromatic nitrogens is 2. The van der Waals surface area contributed by atoms with Crippen molar-refractivity contribution in [2.45, 2.75) is 12.5 Å². The molecule has 8 heteroatoms. The molecule has 0 aromatic carbocycles. The summed E-state index contributed by atoms with van der Waals surface area (Å²) in [7, 11) is 3.82. The fraction of sp³-hybridized carbons (Fsp3) is 0.400. The van der Waals surface area contributed by atoms with Gasteiger partial charge in [-0.1, -0.05) is 0 Å². The molecule has 1 saturated heterocycles. The number of amides is 2. The van der Waals surface area contributed by atoms with Crippen LogP contribution in [-0.2, 0) is 0 Å². The van der Waals surface area contributed by atoms with Gasteiger partial charge in [-0.15, -0.1) is 21.5 Å². The Morgan fingerprint density at radius 2 is 2.26 bits per heavy atom. The minimum atomic E-state index is -0.0902. The van der Waals surface area contributed by atoms with Crippen LogP contribution >= 0.6 is 11.3 Å². The molecule has 7 nitrogen and oxygen atoms in total. The number of rotatable bonds is 4. The zero-order valence-corrected chi connectivity index (χ0v) is 13.9. The number of thiophene rings is 1. The van der Waals surface area contributed by atoms with E-state index in [0.717, 1.165) is 17.2 Å². The number of carbonyl (C=O) groups is 1. The smallest absolute Gasteiger partial charge is 0.322 e. The van der Waals surface area contributed by atoms with Crippen LogP contribution in [0.4, 0.5) is 15.6 Å². The van der Waals surface area contributed by atoms with Crippen LogP contribution in [0.2, 0.25) is 0 Å². The molecule has 2 aromatic rings. The largest absolute Gasteiger partial charge is 0.471 e. The molecule has 0 spiro atoms. The summed E-state index contributed by atoms with van der Waals surface area (Å²) in [4.78, 5) is 15.8. The molecule has 3 heterocycles. The first-order valence-corrected chi connectivity index (χ1v) is 8.27. The van der Waals surface area contributed by atoms with Crippen LogP contribution in [-0.4, -0.2) is 54.4 Å². The average Bonchev–Trinajstić information content (AvgIpc) is 3.19. The quantitative estimate of drug-likeness (QED) is 0.929. The third kappa shape index (κ3) is 3.89. The van der Waals surface area contributed by atoms with E-state index in [0.29, 0.717) is 19.0 Å². The Kier molecular flexibility index (Phi) is 4.61. The Bertz CT molecular complexity index is 644. The van der Waals surface area contributed by atoms with E-state index in [1.165, 1.54) is 11.3 Å². The molecule has 1 fully saturated rings. The molecule has 1 N–H and O–H groups in total. The molecule has 122 valence electrons. The number of urea groups is 1. The van der Waals surface area contributed by atoms with Crippen molar-refractivity contribution in [2.75, 3.05) is 37.4 Å². The normalized spacial score (nSPS) is 17.1. The molecule has 2 aromatic heterocycles. The maximum Gasteiger partial charge on any atom is 0.322 e. The first kappa shape index (κ1) is 15.5. The zero-order valence-electron chi connectivity index (χ0n) is 13.1. The second-order valence-electron chi connectivity index (χ2n) is 5.51. The van der Waals surface area contributed by atoms with Crippen LogP contribution in [0, 0.1) is 0 Å². The Morgan fingerprint density at radius 3 is 2.91 bits per heavy atom. The number of anilines is 2. The van der Waals surface area contributed by atoms with E-state index in [1.807, 2.05) is 42.6 Å². The van der Waals surface area contributed by atoms with Crippen molar-refractivity contribution in [2.24, 2.45) is 0 Å². The maximum absolute atomic E-state index is 12.2. The molecule has 1 atom stereocenters.